The van der Waals surface area contributed by atoms with Gasteiger partial charge in [0, 0.05) is 22.6 Å². The van der Waals surface area contributed by atoms with Gasteiger partial charge in [-0.05, 0) is 66.8 Å². The van der Waals surface area contributed by atoms with E-state index in [4.69, 9.17) is 11.6 Å². The molecule has 0 atom stereocenters. The Bertz CT molecular complexity index is 873. The molecule has 0 radical (unpaired) electrons. The quantitative estimate of drug-likeness (QED) is 0.639. The van der Waals surface area contributed by atoms with Crippen molar-refractivity contribution in [2.45, 2.75) is 25.7 Å². The summed E-state index contributed by atoms with van der Waals surface area (Å²) in [6, 6.07) is 15.7. The van der Waals surface area contributed by atoms with Crippen molar-refractivity contribution in [1.29, 1.82) is 0 Å². The molecule has 1 N–H and O–H groups in total. The Hall–Kier alpha value is -2.16. The molecule has 26 heavy (non-hydrogen) atoms. The Morgan fingerprint density at radius 3 is 2.46 bits per heavy atom. The minimum absolute atomic E-state index is 0.0199. The third kappa shape index (κ3) is 3.53. The van der Waals surface area contributed by atoms with Crippen LogP contribution in [0.15, 0.2) is 66.4 Å². The van der Waals surface area contributed by atoms with E-state index in [0.717, 1.165) is 6.42 Å². The normalized spacial score (nSPS) is 17.7. The molecular formula is C23H23ClNO+. The van der Waals surface area contributed by atoms with Gasteiger partial charge < -0.3 is 4.90 Å². The Labute approximate surface area is 159 Å². The first-order valence-electron chi connectivity index (χ1n) is 9.37. The second-order valence-electron chi connectivity index (χ2n) is 7.09. The van der Waals surface area contributed by atoms with Gasteiger partial charge in [-0.2, -0.15) is 0 Å². The van der Waals surface area contributed by atoms with Crippen molar-refractivity contribution >= 4 is 23.0 Å². The van der Waals surface area contributed by atoms with Crippen molar-refractivity contribution in [3.05, 3.63) is 88.1 Å². The van der Waals surface area contributed by atoms with Gasteiger partial charge in [-0.15, -0.1) is 0 Å². The van der Waals surface area contributed by atoms with Crippen LogP contribution < -0.4 is 4.90 Å². The van der Waals surface area contributed by atoms with E-state index in [1.807, 2.05) is 6.08 Å². The summed E-state index contributed by atoms with van der Waals surface area (Å²) in [7, 11) is 0. The van der Waals surface area contributed by atoms with Gasteiger partial charge in [-0.1, -0.05) is 35.9 Å². The van der Waals surface area contributed by atoms with Crippen LogP contribution in [0.25, 0.3) is 5.57 Å². The number of ketones is 1. The SMILES string of the molecule is O=C(/C=C/C1=C([NH+]2CCCCC2)Cc2ccccc21)c1ccc(Cl)cc1. The fraction of sp³-hybridized carbons (Fsp3) is 0.261. The zero-order chi connectivity index (χ0) is 17.9. The van der Waals surface area contributed by atoms with Crippen molar-refractivity contribution in [2.75, 3.05) is 13.1 Å². The smallest absolute Gasteiger partial charge is 0.185 e. The lowest BCUT2D eigenvalue weighted by Crippen LogP contribution is -3.11. The molecule has 0 spiro atoms. The van der Waals surface area contributed by atoms with Crippen molar-refractivity contribution in [3.8, 4) is 0 Å². The minimum Gasteiger partial charge on any atom is -0.305 e. The number of hydrogen-bond donors (Lipinski definition) is 1. The molecule has 0 aromatic heterocycles. The number of halogens is 1. The molecule has 0 amide bonds. The molecule has 2 aliphatic rings. The number of quaternary nitrogens is 1. The molecule has 2 aromatic rings. The van der Waals surface area contributed by atoms with Crippen LogP contribution in [0.5, 0.6) is 0 Å². The van der Waals surface area contributed by atoms with Crippen LogP contribution >= 0.6 is 11.6 Å². The molecule has 1 fully saturated rings. The topological polar surface area (TPSA) is 21.5 Å². The van der Waals surface area contributed by atoms with E-state index in [1.54, 1.807) is 35.2 Å². The maximum atomic E-state index is 12.5. The van der Waals surface area contributed by atoms with E-state index in [2.05, 4.69) is 24.3 Å². The first kappa shape index (κ1) is 17.3. The van der Waals surface area contributed by atoms with Crippen molar-refractivity contribution in [1.82, 2.24) is 0 Å². The minimum atomic E-state index is 0.0199. The third-order valence-corrected chi connectivity index (χ3v) is 5.67. The molecule has 2 aromatic carbocycles. The highest BCUT2D eigenvalue weighted by atomic mass is 35.5. The summed E-state index contributed by atoms with van der Waals surface area (Å²) in [5.41, 5.74) is 6.01. The summed E-state index contributed by atoms with van der Waals surface area (Å²) in [4.78, 5) is 14.1. The van der Waals surface area contributed by atoms with E-state index >= 15 is 0 Å². The number of benzene rings is 2. The van der Waals surface area contributed by atoms with Crippen molar-refractivity contribution in [2.24, 2.45) is 0 Å². The average Bonchev–Trinajstić information content (AvgIpc) is 3.06. The number of likely N-dealkylation sites (tertiary alicyclic amines) is 1. The van der Waals surface area contributed by atoms with Gasteiger partial charge in [0.15, 0.2) is 5.78 Å². The number of piperidine rings is 1. The van der Waals surface area contributed by atoms with Gasteiger partial charge >= 0.3 is 0 Å². The van der Waals surface area contributed by atoms with Crippen LogP contribution in [-0.4, -0.2) is 18.9 Å². The molecule has 0 saturated carbocycles. The van der Waals surface area contributed by atoms with Gasteiger partial charge in [-0.3, -0.25) is 4.79 Å². The fourth-order valence-corrected chi connectivity index (χ4v) is 4.17. The summed E-state index contributed by atoms with van der Waals surface area (Å²) in [5, 5.41) is 0.647. The van der Waals surface area contributed by atoms with Crippen LogP contribution in [-0.2, 0) is 6.42 Å². The molecule has 1 heterocycles. The summed E-state index contributed by atoms with van der Waals surface area (Å²) >= 11 is 5.92. The number of carbonyl (C=O) groups is 1. The Balaban J connectivity index is 1.65. The Morgan fingerprint density at radius 1 is 0.962 bits per heavy atom. The average molecular weight is 365 g/mol. The van der Waals surface area contributed by atoms with E-state index in [0.29, 0.717) is 10.6 Å². The Kier molecular flexibility index (Phi) is 5.05. The van der Waals surface area contributed by atoms with Crippen LogP contribution in [0.3, 0.4) is 0 Å². The van der Waals surface area contributed by atoms with Gasteiger partial charge in [-0.25, -0.2) is 0 Å². The number of fused-ring (bicyclic) bond motifs is 1. The maximum absolute atomic E-state index is 12.5. The monoisotopic (exact) mass is 364 g/mol. The molecule has 132 valence electrons. The van der Waals surface area contributed by atoms with E-state index in [9.17, 15) is 4.79 Å². The molecule has 1 aliphatic heterocycles. The first-order chi connectivity index (χ1) is 12.7. The number of carbonyl (C=O) groups excluding carboxylic acids is 1. The van der Waals surface area contributed by atoms with Gasteiger partial charge in [0.1, 0.15) is 5.70 Å². The largest absolute Gasteiger partial charge is 0.305 e. The predicted molar refractivity (Wildman–Crippen MR) is 107 cm³/mol. The number of allylic oxidation sites excluding steroid dienone is 4. The van der Waals surface area contributed by atoms with Crippen LogP contribution in [0.1, 0.15) is 40.7 Å². The second kappa shape index (κ2) is 7.61. The zero-order valence-corrected chi connectivity index (χ0v) is 15.6. The number of hydrogen-bond acceptors (Lipinski definition) is 1. The second-order valence-corrected chi connectivity index (χ2v) is 7.53. The highest BCUT2D eigenvalue weighted by molar-refractivity contribution is 6.30. The summed E-state index contributed by atoms with van der Waals surface area (Å²) in [6.07, 6.45) is 8.65. The van der Waals surface area contributed by atoms with E-state index in [-0.39, 0.29) is 5.78 Å². The predicted octanol–water partition coefficient (Wildman–Crippen LogP) is 4.12. The molecule has 0 bridgehead atoms. The lowest BCUT2D eigenvalue weighted by Gasteiger charge is -2.24. The molecule has 4 rings (SSSR count). The third-order valence-electron chi connectivity index (χ3n) is 5.41. The highest BCUT2D eigenvalue weighted by Crippen LogP contribution is 2.31. The van der Waals surface area contributed by atoms with Crippen molar-refractivity contribution < 1.29 is 9.69 Å². The van der Waals surface area contributed by atoms with Crippen molar-refractivity contribution in [3.63, 3.8) is 0 Å². The summed E-state index contributed by atoms with van der Waals surface area (Å²) < 4.78 is 0. The van der Waals surface area contributed by atoms with Crippen LogP contribution in [0.4, 0.5) is 0 Å². The van der Waals surface area contributed by atoms with E-state index in [1.165, 1.54) is 54.7 Å². The number of nitrogens with one attached hydrogen (secondary N) is 1. The fourth-order valence-electron chi connectivity index (χ4n) is 4.04. The van der Waals surface area contributed by atoms with Gasteiger partial charge in [0.25, 0.3) is 0 Å². The molecule has 3 heteroatoms. The van der Waals surface area contributed by atoms with Crippen LogP contribution in [0.2, 0.25) is 5.02 Å². The number of rotatable bonds is 4. The standard InChI is InChI=1S/C23H22ClNO/c24-19-10-8-17(9-11-19)23(26)13-12-21-20-7-3-2-6-18(20)16-22(21)25-14-4-1-5-15-25/h2-3,6-13H,1,4-5,14-16H2/p+1/b13-12+. The summed E-state index contributed by atoms with van der Waals surface area (Å²) in [6.45, 7) is 2.40. The van der Waals surface area contributed by atoms with Crippen LogP contribution in [0, 0.1) is 0 Å². The summed E-state index contributed by atoms with van der Waals surface area (Å²) in [5.74, 6) is 0.0199. The molecule has 0 unspecified atom stereocenters. The van der Waals surface area contributed by atoms with Gasteiger partial charge in [0.2, 0.25) is 0 Å². The Morgan fingerprint density at radius 2 is 1.69 bits per heavy atom. The molecule has 1 aliphatic carbocycles. The zero-order valence-electron chi connectivity index (χ0n) is 14.8. The maximum Gasteiger partial charge on any atom is 0.185 e. The molecule has 1 saturated heterocycles. The first-order valence-corrected chi connectivity index (χ1v) is 9.74. The lowest BCUT2D eigenvalue weighted by atomic mass is 10.0. The lowest BCUT2D eigenvalue weighted by molar-refractivity contribution is -0.866. The van der Waals surface area contributed by atoms with Gasteiger partial charge in [0.05, 0.1) is 13.1 Å². The van der Waals surface area contributed by atoms with E-state index < -0.39 is 0 Å². The highest BCUT2D eigenvalue weighted by Gasteiger charge is 2.29. The molecular weight excluding hydrogens is 342 g/mol. The molecule has 2 nitrogen and oxygen atoms in total.